The summed E-state index contributed by atoms with van der Waals surface area (Å²) in [6.45, 7) is 1.64. The van der Waals surface area contributed by atoms with Crippen LogP contribution in [-0.4, -0.2) is 42.0 Å². The van der Waals surface area contributed by atoms with Gasteiger partial charge in [-0.2, -0.15) is 5.10 Å². The van der Waals surface area contributed by atoms with Crippen molar-refractivity contribution in [3.63, 3.8) is 0 Å². The fourth-order valence-electron chi connectivity index (χ4n) is 3.26. The lowest BCUT2D eigenvalue weighted by molar-refractivity contribution is 0.0506. The van der Waals surface area contributed by atoms with Gasteiger partial charge in [-0.05, 0) is 30.9 Å². The summed E-state index contributed by atoms with van der Waals surface area (Å²) in [5.41, 5.74) is 6.61. The molecule has 1 aromatic heterocycles. The molecule has 0 amide bonds. The summed E-state index contributed by atoms with van der Waals surface area (Å²) in [7, 11) is -3.40. The molecular weight excluding hydrogens is 418 g/mol. The van der Waals surface area contributed by atoms with Gasteiger partial charge in [-0.1, -0.05) is 29.4 Å². The minimum Gasteiger partial charge on any atom is -0.384 e. The number of hydrogen-bond donors (Lipinski definition) is 1. The molecule has 0 saturated heterocycles. The van der Waals surface area contributed by atoms with E-state index in [2.05, 4.69) is 10.3 Å². The summed E-state index contributed by atoms with van der Waals surface area (Å²) in [6.07, 6.45) is -0.461. The van der Waals surface area contributed by atoms with Gasteiger partial charge in [0, 0.05) is 12.3 Å². The Labute approximate surface area is 172 Å². The molecule has 1 fully saturated rings. The Bertz CT molecular complexity index is 1090. The van der Waals surface area contributed by atoms with E-state index in [0.717, 1.165) is 41.0 Å². The fraction of sp³-hybridized carbons (Fsp3) is 0.421. The van der Waals surface area contributed by atoms with Crippen LogP contribution >= 0.6 is 0 Å². The number of sulfone groups is 1. The van der Waals surface area contributed by atoms with Crippen LogP contribution in [0.3, 0.4) is 0 Å². The number of nitrogens with zero attached hydrogens (tertiary/aromatic N) is 3. The standard InChI is InChI=1S/C19H22F2N4O4S/c1-12-5-3-4-6-13(12)19(7-8-19)18(22)24-29-17(26)14-11-15(16(20)21)25(23-14)9-10-30(2,27)28/h3-6,11,16H,7-10H2,1-2H3,(H2,22,24). The number of amidine groups is 1. The van der Waals surface area contributed by atoms with Gasteiger partial charge >= 0.3 is 5.97 Å². The molecule has 8 nitrogen and oxygen atoms in total. The van der Waals surface area contributed by atoms with E-state index < -0.39 is 44.8 Å². The van der Waals surface area contributed by atoms with Gasteiger partial charge in [0.25, 0.3) is 6.43 Å². The number of rotatable bonds is 8. The molecule has 0 radical (unpaired) electrons. The molecule has 1 heterocycles. The maximum Gasteiger partial charge on any atom is 0.385 e. The number of nitrogens with two attached hydrogens (primary N) is 1. The highest BCUT2D eigenvalue weighted by Gasteiger charge is 2.49. The molecule has 162 valence electrons. The summed E-state index contributed by atoms with van der Waals surface area (Å²) in [5, 5.41) is 7.48. The highest BCUT2D eigenvalue weighted by Crippen LogP contribution is 2.49. The first kappa shape index (κ1) is 21.9. The van der Waals surface area contributed by atoms with E-state index in [9.17, 15) is 22.0 Å². The van der Waals surface area contributed by atoms with Crippen LogP contribution in [0, 0.1) is 6.92 Å². The van der Waals surface area contributed by atoms with Crippen LogP contribution in [0.25, 0.3) is 0 Å². The summed E-state index contributed by atoms with van der Waals surface area (Å²) in [5.74, 6) is -1.33. The Morgan fingerprint density at radius 3 is 2.60 bits per heavy atom. The number of alkyl halides is 2. The molecule has 1 saturated carbocycles. The molecule has 0 bridgehead atoms. The van der Waals surface area contributed by atoms with Crippen LogP contribution in [0.2, 0.25) is 0 Å². The first-order chi connectivity index (χ1) is 14.0. The number of oxime groups is 1. The SMILES string of the molecule is Cc1ccccc1C1(/C(N)=N/OC(=O)c2cc(C(F)F)n(CCS(C)(=O)=O)n2)CC1. The van der Waals surface area contributed by atoms with E-state index in [0.29, 0.717) is 0 Å². The second kappa shape index (κ2) is 8.13. The van der Waals surface area contributed by atoms with Crippen LogP contribution in [0.1, 0.15) is 46.6 Å². The molecule has 0 aliphatic heterocycles. The van der Waals surface area contributed by atoms with E-state index in [1.165, 1.54) is 0 Å². The number of aromatic nitrogens is 2. The van der Waals surface area contributed by atoms with Gasteiger partial charge in [-0.25, -0.2) is 22.0 Å². The van der Waals surface area contributed by atoms with Crippen LogP contribution in [-0.2, 0) is 26.6 Å². The molecule has 1 aromatic carbocycles. The molecule has 1 aliphatic carbocycles. The third-order valence-electron chi connectivity index (χ3n) is 5.05. The molecule has 0 spiro atoms. The molecule has 2 N–H and O–H groups in total. The number of halogens is 2. The lowest BCUT2D eigenvalue weighted by Gasteiger charge is -2.16. The highest BCUT2D eigenvalue weighted by molar-refractivity contribution is 7.90. The quantitative estimate of drug-likeness (QED) is 0.291. The summed E-state index contributed by atoms with van der Waals surface area (Å²) in [6, 6.07) is 8.53. The second-order valence-electron chi connectivity index (χ2n) is 7.36. The minimum absolute atomic E-state index is 0.121. The third-order valence-corrected chi connectivity index (χ3v) is 5.97. The number of aryl methyl sites for hydroxylation is 2. The number of carbonyl (C=O) groups is 1. The number of hydrogen-bond acceptors (Lipinski definition) is 6. The minimum atomic E-state index is -3.40. The second-order valence-corrected chi connectivity index (χ2v) is 9.62. The zero-order chi connectivity index (χ0) is 22.1. The van der Waals surface area contributed by atoms with E-state index in [-0.39, 0.29) is 12.4 Å². The average Bonchev–Trinajstić information content (AvgIpc) is 3.36. The predicted molar refractivity (Wildman–Crippen MR) is 106 cm³/mol. The Balaban J connectivity index is 1.77. The van der Waals surface area contributed by atoms with Crippen molar-refractivity contribution in [3.8, 4) is 0 Å². The van der Waals surface area contributed by atoms with E-state index in [4.69, 9.17) is 10.6 Å². The summed E-state index contributed by atoms with van der Waals surface area (Å²) in [4.78, 5) is 17.1. The smallest absolute Gasteiger partial charge is 0.384 e. The van der Waals surface area contributed by atoms with E-state index in [1.54, 1.807) is 0 Å². The summed E-state index contributed by atoms with van der Waals surface area (Å²) < 4.78 is 49.8. The molecule has 0 unspecified atom stereocenters. The highest BCUT2D eigenvalue weighted by atomic mass is 32.2. The van der Waals surface area contributed by atoms with Crippen molar-refractivity contribution in [1.29, 1.82) is 0 Å². The average molecular weight is 440 g/mol. The zero-order valence-corrected chi connectivity index (χ0v) is 17.3. The van der Waals surface area contributed by atoms with Crippen molar-refractivity contribution >= 4 is 21.6 Å². The van der Waals surface area contributed by atoms with Crippen LogP contribution in [0.4, 0.5) is 8.78 Å². The molecular formula is C19H22F2N4O4S. The van der Waals surface area contributed by atoms with Gasteiger partial charge < -0.3 is 10.6 Å². The Kier molecular flexibility index (Phi) is 5.93. The topological polar surface area (TPSA) is 117 Å². The van der Waals surface area contributed by atoms with Gasteiger partial charge in [0.1, 0.15) is 15.5 Å². The molecule has 11 heteroatoms. The third kappa shape index (κ3) is 4.66. The van der Waals surface area contributed by atoms with Crippen molar-refractivity contribution in [2.24, 2.45) is 10.9 Å². The Morgan fingerprint density at radius 1 is 1.37 bits per heavy atom. The van der Waals surface area contributed by atoms with Gasteiger partial charge in [-0.15, -0.1) is 0 Å². The number of benzene rings is 1. The molecule has 30 heavy (non-hydrogen) atoms. The van der Waals surface area contributed by atoms with Crippen molar-refractivity contribution in [2.75, 3.05) is 12.0 Å². The summed E-state index contributed by atoms with van der Waals surface area (Å²) >= 11 is 0. The molecule has 1 aliphatic rings. The van der Waals surface area contributed by atoms with Gasteiger partial charge in [0.15, 0.2) is 11.5 Å². The maximum absolute atomic E-state index is 13.2. The van der Waals surface area contributed by atoms with Crippen molar-refractivity contribution in [1.82, 2.24) is 9.78 Å². The van der Waals surface area contributed by atoms with E-state index >= 15 is 0 Å². The Morgan fingerprint density at radius 2 is 2.03 bits per heavy atom. The van der Waals surface area contributed by atoms with Crippen molar-refractivity contribution < 1.29 is 26.8 Å². The van der Waals surface area contributed by atoms with Crippen LogP contribution in [0.5, 0.6) is 0 Å². The van der Waals surface area contributed by atoms with Gasteiger partial charge in [0.2, 0.25) is 0 Å². The molecule has 0 atom stereocenters. The van der Waals surface area contributed by atoms with Crippen molar-refractivity contribution in [2.45, 2.75) is 38.2 Å². The first-order valence-electron chi connectivity index (χ1n) is 9.18. The van der Waals surface area contributed by atoms with E-state index in [1.807, 2.05) is 31.2 Å². The predicted octanol–water partition coefficient (Wildman–Crippen LogP) is 2.33. The zero-order valence-electron chi connectivity index (χ0n) is 16.5. The van der Waals surface area contributed by atoms with Crippen LogP contribution in [0.15, 0.2) is 35.5 Å². The van der Waals surface area contributed by atoms with Crippen LogP contribution < -0.4 is 5.73 Å². The lowest BCUT2D eigenvalue weighted by atomic mass is 9.91. The fourth-order valence-corrected chi connectivity index (χ4v) is 3.77. The van der Waals surface area contributed by atoms with Gasteiger partial charge in [-0.3, -0.25) is 4.68 Å². The monoisotopic (exact) mass is 440 g/mol. The Hall–Kier alpha value is -2.82. The van der Waals surface area contributed by atoms with Gasteiger partial charge in [0.05, 0.1) is 17.7 Å². The molecule has 2 aromatic rings. The molecule has 3 rings (SSSR count). The lowest BCUT2D eigenvalue weighted by Crippen LogP contribution is -2.30. The largest absolute Gasteiger partial charge is 0.385 e. The van der Waals surface area contributed by atoms with Crippen molar-refractivity contribution in [3.05, 3.63) is 52.8 Å². The maximum atomic E-state index is 13.2. The normalized spacial score (nSPS) is 16.0. The number of carbonyl (C=O) groups excluding carboxylic acids is 1. The first-order valence-corrected chi connectivity index (χ1v) is 11.2.